The predicted octanol–water partition coefficient (Wildman–Crippen LogP) is 4.14. The van der Waals surface area contributed by atoms with Crippen LogP contribution in [-0.4, -0.2) is 44.4 Å². The molecule has 0 aliphatic rings. The van der Waals surface area contributed by atoms with Gasteiger partial charge in [-0.1, -0.05) is 17.7 Å². The number of alkyl halides is 3. The third-order valence-electron chi connectivity index (χ3n) is 3.89. The number of halogens is 4. The van der Waals surface area contributed by atoms with Gasteiger partial charge in [-0.3, -0.25) is 9.59 Å². The molecular weight excluding hydrogens is 395 g/mol. The van der Waals surface area contributed by atoms with Crippen LogP contribution in [0.2, 0.25) is 5.02 Å². The van der Waals surface area contributed by atoms with Gasteiger partial charge in [0.25, 0.3) is 5.91 Å². The highest BCUT2D eigenvalue weighted by Gasteiger charge is 2.33. The van der Waals surface area contributed by atoms with Crippen LogP contribution in [-0.2, 0) is 11.0 Å². The first-order valence-corrected chi connectivity index (χ1v) is 8.56. The second kappa shape index (κ2) is 8.52. The number of hydrogen-bond donors (Lipinski definition) is 1. The van der Waals surface area contributed by atoms with Crippen LogP contribution in [0.4, 0.5) is 24.5 Å². The Labute approximate surface area is 165 Å². The maximum atomic E-state index is 12.9. The van der Waals surface area contributed by atoms with Gasteiger partial charge < -0.3 is 15.1 Å². The van der Waals surface area contributed by atoms with Crippen LogP contribution >= 0.6 is 11.6 Å². The number of nitrogens with zero attached hydrogens (tertiary/aromatic N) is 2. The molecule has 2 aromatic carbocycles. The Balaban J connectivity index is 2.07. The monoisotopic (exact) mass is 413 g/mol. The molecule has 0 heterocycles. The van der Waals surface area contributed by atoms with E-state index in [-0.39, 0.29) is 18.1 Å². The molecule has 2 aromatic rings. The largest absolute Gasteiger partial charge is 0.417 e. The van der Waals surface area contributed by atoms with Crippen molar-refractivity contribution in [1.29, 1.82) is 0 Å². The number of benzene rings is 2. The maximum absolute atomic E-state index is 12.9. The molecule has 0 atom stereocenters. The summed E-state index contributed by atoms with van der Waals surface area (Å²) in [6.07, 6.45) is -4.64. The third-order valence-corrected chi connectivity index (χ3v) is 4.22. The number of anilines is 2. The maximum Gasteiger partial charge on any atom is 0.417 e. The Kier molecular flexibility index (Phi) is 6.56. The zero-order valence-corrected chi connectivity index (χ0v) is 16.2. The first-order chi connectivity index (χ1) is 13.0. The van der Waals surface area contributed by atoms with E-state index in [0.717, 1.165) is 17.8 Å². The average molecular weight is 414 g/mol. The van der Waals surface area contributed by atoms with Crippen molar-refractivity contribution in [3.05, 3.63) is 58.6 Å². The van der Waals surface area contributed by atoms with Crippen molar-refractivity contribution in [2.45, 2.75) is 6.18 Å². The average Bonchev–Trinajstić information content (AvgIpc) is 2.61. The zero-order chi connectivity index (χ0) is 21.1. The summed E-state index contributed by atoms with van der Waals surface area (Å²) in [5.41, 5.74) is 0.117. The molecule has 0 radical (unpaired) electrons. The highest BCUT2D eigenvalue weighted by molar-refractivity contribution is 6.31. The smallest absolute Gasteiger partial charge is 0.378 e. The van der Waals surface area contributed by atoms with E-state index in [9.17, 15) is 22.8 Å². The highest BCUT2D eigenvalue weighted by Crippen LogP contribution is 2.36. The summed E-state index contributed by atoms with van der Waals surface area (Å²) < 4.78 is 38.7. The van der Waals surface area contributed by atoms with Gasteiger partial charge in [0.1, 0.15) is 0 Å². The van der Waals surface area contributed by atoms with E-state index in [2.05, 4.69) is 5.32 Å². The van der Waals surface area contributed by atoms with Crippen molar-refractivity contribution in [3.8, 4) is 0 Å². The van der Waals surface area contributed by atoms with Gasteiger partial charge in [0.2, 0.25) is 5.91 Å². The van der Waals surface area contributed by atoms with Crippen LogP contribution in [0.5, 0.6) is 0 Å². The molecule has 0 unspecified atom stereocenters. The summed E-state index contributed by atoms with van der Waals surface area (Å²) in [6.45, 7) is -0.324. The molecule has 2 amide bonds. The molecule has 0 saturated heterocycles. The van der Waals surface area contributed by atoms with E-state index < -0.39 is 22.7 Å². The lowest BCUT2D eigenvalue weighted by Gasteiger charge is -2.19. The first-order valence-electron chi connectivity index (χ1n) is 8.18. The van der Waals surface area contributed by atoms with Gasteiger partial charge in [-0.05, 0) is 36.4 Å². The topological polar surface area (TPSA) is 52.7 Å². The van der Waals surface area contributed by atoms with E-state index in [1.807, 2.05) is 25.1 Å². The minimum absolute atomic E-state index is 0.0582. The van der Waals surface area contributed by atoms with Gasteiger partial charge in [-0.2, -0.15) is 13.2 Å². The van der Waals surface area contributed by atoms with Crippen LogP contribution in [0, 0.1) is 0 Å². The Bertz CT molecular complexity index is 885. The quantitative estimate of drug-likeness (QED) is 0.801. The Morgan fingerprint density at radius 1 is 1.07 bits per heavy atom. The molecule has 150 valence electrons. The van der Waals surface area contributed by atoms with Crippen LogP contribution in [0.25, 0.3) is 0 Å². The van der Waals surface area contributed by atoms with Crippen molar-refractivity contribution in [1.82, 2.24) is 4.90 Å². The fraction of sp³-hybridized carbons (Fsp3) is 0.263. The molecule has 2 rings (SSSR count). The summed E-state index contributed by atoms with van der Waals surface area (Å²) in [5.74, 6) is -1.01. The Hall–Kier alpha value is -2.74. The molecule has 1 N–H and O–H groups in total. The summed E-state index contributed by atoms with van der Waals surface area (Å²) >= 11 is 5.56. The zero-order valence-electron chi connectivity index (χ0n) is 15.5. The molecule has 0 spiro atoms. The number of nitrogens with one attached hydrogen (secondary N) is 1. The number of rotatable bonds is 5. The van der Waals surface area contributed by atoms with Crippen molar-refractivity contribution < 1.29 is 22.8 Å². The highest BCUT2D eigenvalue weighted by atomic mass is 35.5. The molecule has 0 fully saturated rings. The molecule has 5 nitrogen and oxygen atoms in total. The summed E-state index contributed by atoms with van der Waals surface area (Å²) in [4.78, 5) is 27.7. The van der Waals surface area contributed by atoms with Crippen molar-refractivity contribution in [2.24, 2.45) is 0 Å². The van der Waals surface area contributed by atoms with E-state index in [1.165, 1.54) is 18.0 Å². The van der Waals surface area contributed by atoms with Crippen LogP contribution in [0.1, 0.15) is 15.9 Å². The fourth-order valence-electron chi connectivity index (χ4n) is 2.45. The molecule has 0 aliphatic carbocycles. The Morgan fingerprint density at radius 2 is 1.75 bits per heavy atom. The lowest BCUT2D eigenvalue weighted by atomic mass is 10.1. The van der Waals surface area contributed by atoms with Gasteiger partial charge in [0.15, 0.2) is 0 Å². The van der Waals surface area contributed by atoms with Crippen molar-refractivity contribution >= 4 is 34.8 Å². The lowest BCUT2D eigenvalue weighted by molar-refractivity contribution is -0.137. The van der Waals surface area contributed by atoms with Gasteiger partial charge >= 0.3 is 6.18 Å². The van der Waals surface area contributed by atoms with Crippen molar-refractivity contribution in [2.75, 3.05) is 37.9 Å². The number of carbonyl (C=O) groups is 2. The van der Waals surface area contributed by atoms with E-state index in [0.29, 0.717) is 5.56 Å². The second-order valence-electron chi connectivity index (χ2n) is 6.35. The number of hydrogen-bond acceptors (Lipinski definition) is 3. The molecular formula is C19H19ClF3N3O2. The minimum Gasteiger partial charge on any atom is -0.378 e. The standard InChI is InChI=1S/C19H19ClF3N3O2/c1-25(2)14-6-4-5-12(9-14)18(28)26(3)11-17(27)24-13-7-8-16(20)15(10-13)19(21,22)23/h4-10H,11H2,1-3H3,(H,24,27). The molecule has 0 aliphatic heterocycles. The lowest BCUT2D eigenvalue weighted by Crippen LogP contribution is -2.35. The number of carbonyl (C=O) groups excluding carboxylic acids is 2. The molecule has 28 heavy (non-hydrogen) atoms. The number of likely N-dealkylation sites (N-methyl/N-ethyl adjacent to an activating group) is 1. The molecule has 0 saturated carbocycles. The third kappa shape index (κ3) is 5.39. The molecule has 9 heteroatoms. The SMILES string of the molecule is CN(CC(=O)Nc1ccc(Cl)c(C(F)(F)F)c1)C(=O)c1cccc(N(C)C)c1. The predicted molar refractivity (Wildman–Crippen MR) is 103 cm³/mol. The van der Waals surface area contributed by atoms with E-state index in [1.54, 1.807) is 18.2 Å². The van der Waals surface area contributed by atoms with Crippen LogP contribution in [0.15, 0.2) is 42.5 Å². The fourth-order valence-corrected chi connectivity index (χ4v) is 2.67. The van der Waals surface area contributed by atoms with Crippen molar-refractivity contribution in [3.63, 3.8) is 0 Å². The summed E-state index contributed by atoms with van der Waals surface area (Å²) in [7, 11) is 5.11. The second-order valence-corrected chi connectivity index (χ2v) is 6.75. The first kappa shape index (κ1) is 21.6. The van der Waals surface area contributed by atoms with E-state index in [4.69, 9.17) is 11.6 Å². The normalized spacial score (nSPS) is 11.1. The van der Waals surface area contributed by atoms with Gasteiger partial charge in [-0.25, -0.2) is 0 Å². The number of amides is 2. The van der Waals surface area contributed by atoms with Crippen LogP contribution in [0.3, 0.4) is 0 Å². The minimum atomic E-state index is -4.64. The summed E-state index contributed by atoms with van der Waals surface area (Å²) in [6, 6.07) is 9.94. The van der Waals surface area contributed by atoms with Gasteiger partial charge in [-0.15, -0.1) is 0 Å². The van der Waals surface area contributed by atoms with Gasteiger partial charge in [0, 0.05) is 38.1 Å². The van der Waals surface area contributed by atoms with Gasteiger partial charge in [0.05, 0.1) is 17.1 Å². The summed E-state index contributed by atoms with van der Waals surface area (Å²) in [5, 5.41) is 1.89. The van der Waals surface area contributed by atoms with E-state index >= 15 is 0 Å². The molecule has 0 aromatic heterocycles. The van der Waals surface area contributed by atoms with Crippen LogP contribution < -0.4 is 10.2 Å². The molecule has 0 bridgehead atoms. The Morgan fingerprint density at radius 3 is 2.36 bits per heavy atom.